The van der Waals surface area contributed by atoms with Gasteiger partial charge in [-0.05, 0) is 64.1 Å². The van der Waals surface area contributed by atoms with Gasteiger partial charge in [-0.3, -0.25) is 9.69 Å². The third-order valence-corrected chi connectivity index (χ3v) is 6.61. The summed E-state index contributed by atoms with van der Waals surface area (Å²) in [5, 5.41) is 3.75. The van der Waals surface area contributed by atoms with E-state index in [9.17, 15) is 4.79 Å². The maximum Gasteiger partial charge on any atom is 0.251 e. The number of hydrogen-bond acceptors (Lipinski definition) is 2. The number of rotatable bonds is 7. The normalized spacial score (nSPS) is 13.0. The predicted molar refractivity (Wildman–Crippen MR) is 139 cm³/mol. The van der Waals surface area contributed by atoms with E-state index in [4.69, 9.17) is 11.6 Å². The van der Waals surface area contributed by atoms with E-state index in [1.165, 1.54) is 22.3 Å². The van der Waals surface area contributed by atoms with Crippen molar-refractivity contribution in [1.29, 1.82) is 0 Å². The Labute approximate surface area is 206 Å². The summed E-state index contributed by atoms with van der Waals surface area (Å²) in [5.74, 6) is -0.0483. The third kappa shape index (κ3) is 5.39. The first-order chi connectivity index (χ1) is 16.6. The van der Waals surface area contributed by atoms with Crippen LogP contribution in [0.1, 0.15) is 32.6 Å². The second-order valence-corrected chi connectivity index (χ2v) is 9.26. The van der Waals surface area contributed by atoms with E-state index in [-0.39, 0.29) is 5.91 Å². The summed E-state index contributed by atoms with van der Waals surface area (Å²) < 4.78 is 0. The van der Waals surface area contributed by atoms with Gasteiger partial charge in [-0.1, -0.05) is 84.4 Å². The van der Waals surface area contributed by atoms with Crippen molar-refractivity contribution in [3.8, 4) is 11.1 Å². The summed E-state index contributed by atoms with van der Waals surface area (Å²) in [6.45, 7) is 3.60. The lowest BCUT2D eigenvalue weighted by molar-refractivity contribution is 0.0954. The van der Waals surface area contributed by atoms with Crippen LogP contribution < -0.4 is 5.32 Å². The molecular weight excluding hydrogens is 440 g/mol. The molecular formula is C30H27ClN2O. The van der Waals surface area contributed by atoms with Gasteiger partial charge in [0.1, 0.15) is 0 Å². The molecule has 4 aromatic carbocycles. The van der Waals surface area contributed by atoms with Crippen molar-refractivity contribution in [2.24, 2.45) is 0 Å². The summed E-state index contributed by atoms with van der Waals surface area (Å²) in [4.78, 5) is 15.0. The second-order valence-electron chi connectivity index (χ2n) is 8.82. The van der Waals surface area contributed by atoms with Crippen LogP contribution in [0.5, 0.6) is 0 Å². The van der Waals surface area contributed by atoms with Gasteiger partial charge < -0.3 is 5.32 Å². The van der Waals surface area contributed by atoms with E-state index in [1.807, 2.05) is 48.5 Å². The van der Waals surface area contributed by atoms with Crippen molar-refractivity contribution in [2.75, 3.05) is 6.54 Å². The summed E-state index contributed by atoms with van der Waals surface area (Å²) in [5.41, 5.74) is 8.23. The third-order valence-electron chi connectivity index (χ3n) is 6.36. The molecule has 0 fully saturated rings. The van der Waals surface area contributed by atoms with E-state index in [1.54, 1.807) is 0 Å². The molecule has 1 aliphatic heterocycles. The van der Waals surface area contributed by atoms with Crippen molar-refractivity contribution in [2.45, 2.75) is 26.1 Å². The first kappa shape index (κ1) is 22.4. The minimum atomic E-state index is -0.0483. The topological polar surface area (TPSA) is 32.3 Å². The molecule has 0 radical (unpaired) electrons. The molecule has 1 amide bonds. The molecule has 0 bridgehead atoms. The Morgan fingerprint density at radius 2 is 1.29 bits per heavy atom. The SMILES string of the molecule is O=C(NCCc1ccc(CN2Cc3ccccc3C2)cc1)c1ccc(-c2ccc(Cl)cc2)cc1. The van der Waals surface area contributed by atoms with E-state index in [0.29, 0.717) is 17.1 Å². The molecule has 0 atom stereocenters. The molecule has 3 nitrogen and oxygen atoms in total. The summed E-state index contributed by atoms with van der Waals surface area (Å²) in [7, 11) is 0. The number of amides is 1. The van der Waals surface area contributed by atoms with Gasteiger partial charge in [0.05, 0.1) is 0 Å². The molecule has 0 saturated heterocycles. The molecule has 1 N–H and O–H groups in total. The van der Waals surface area contributed by atoms with Crippen LogP contribution in [-0.2, 0) is 26.1 Å². The number of nitrogens with zero attached hydrogens (tertiary/aromatic N) is 1. The van der Waals surface area contributed by atoms with Crippen LogP contribution >= 0.6 is 11.6 Å². The Bertz CT molecular complexity index is 1240. The van der Waals surface area contributed by atoms with E-state index >= 15 is 0 Å². The summed E-state index contributed by atoms with van der Waals surface area (Å²) >= 11 is 5.96. The van der Waals surface area contributed by atoms with E-state index in [2.05, 4.69) is 58.7 Å². The van der Waals surface area contributed by atoms with Gasteiger partial charge in [0.2, 0.25) is 0 Å². The van der Waals surface area contributed by atoms with Crippen LogP contribution in [0.3, 0.4) is 0 Å². The van der Waals surface area contributed by atoms with Crippen LogP contribution in [-0.4, -0.2) is 17.4 Å². The fourth-order valence-electron chi connectivity index (χ4n) is 4.46. The van der Waals surface area contributed by atoms with Crippen LogP contribution in [0, 0.1) is 0 Å². The molecule has 170 valence electrons. The monoisotopic (exact) mass is 466 g/mol. The zero-order valence-corrected chi connectivity index (χ0v) is 19.8. The van der Waals surface area contributed by atoms with Gasteiger partial charge in [0, 0.05) is 36.8 Å². The van der Waals surface area contributed by atoms with Gasteiger partial charge >= 0.3 is 0 Å². The Morgan fingerprint density at radius 3 is 1.91 bits per heavy atom. The molecule has 0 spiro atoms. The zero-order chi connectivity index (χ0) is 23.3. The predicted octanol–water partition coefficient (Wildman–Crippen LogP) is 6.50. The molecule has 0 aromatic heterocycles. The lowest BCUT2D eigenvalue weighted by Gasteiger charge is -2.15. The van der Waals surface area contributed by atoms with Crippen molar-refractivity contribution in [3.63, 3.8) is 0 Å². The lowest BCUT2D eigenvalue weighted by Crippen LogP contribution is -2.25. The molecule has 1 heterocycles. The highest BCUT2D eigenvalue weighted by atomic mass is 35.5. The highest BCUT2D eigenvalue weighted by molar-refractivity contribution is 6.30. The van der Waals surface area contributed by atoms with Crippen molar-refractivity contribution in [3.05, 3.63) is 130 Å². The van der Waals surface area contributed by atoms with Crippen LogP contribution in [0.4, 0.5) is 0 Å². The highest BCUT2D eigenvalue weighted by Crippen LogP contribution is 2.24. The first-order valence-corrected chi connectivity index (χ1v) is 12.0. The number of nitrogens with one attached hydrogen (secondary N) is 1. The lowest BCUT2D eigenvalue weighted by atomic mass is 10.0. The van der Waals surface area contributed by atoms with Gasteiger partial charge in [0.15, 0.2) is 0 Å². The van der Waals surface area contributed by atoms with Crippen LogP contribution in [0.2, 0.25) is 5.02 Å². The molecule has 4 heteroatoms. The number of hydrogen-bond donors (Lipinski definition) is 1. The zero-order valence-electron chi connectivity index (χ0n) is 19.0. The standard InChI is InChI=1S/C30H27ClN2O/c31-29-15-13-25(14-16-29)24-9-11-26(12-10-24)30(34)32-18-17-22-5-7-23(8-6-22)19-33-20-27-3-1-2-4-28(27)21-33/h1-16H,17-21H2,(H,32,34). The maximum absolute atomic E-state index is 12.5. The highest BCUT2D eigenvalue weighted by Gasteiger charge is 2.18. The van der Waals surface area contributed by atoms with Gasteiger partial charge in [-0.2, -0.15) is 0 Å². The first-order valence-electron chi connectivity index (χ1n) is 11.7. The summed E-state index contributed by atoms with van der Waals surface area (Å²) in [6.07, 6.45) is 0.810. The largest absolute Gasteiger partial charge is 0.352 e. The minimum absolute atomic E-state index is 0.0483. The van der Waals surface area contributed by atoms with Crippen LogP contribution in [0.25, 0.3) is 11.1 Å². The number of halogens is 1. The molecule has 0 unspecified atom stereocenters. The van der Waals surface area contributed by atoms with E-state index < -0.39 is 0 Å². The summed E-state index contributed by atoms with van der Waals surface area (Å²) in [6, 6.07) is 32.8. The quantitative estimate of drug-likeness (QED) is 0.337. The van der Waals surface area contributed by atoms with Gasteiger partial charge in [0.25, 0.3) is 5.91 Å². The average Bonchev–Trinajstić information content (AvgIpc) is 3.28. The van der Waals surface area contributed by atoms with Gasteiger partial charge in [-0.15, -0.1) is 0 Å². The van der Waals surface area contributed by atoms with Crippen molar-refractivity contribution >= 4 is 17.5 Å². The Balaban J connectivity index is 1.09. The molecule has 4 aromatic rings. The maximum atomic E-state index is 12.5. The van der Waals surface area contributed by atoms with Gasteiger partial charge in [-0.25, -0.2) is 0 Å². The van der Waals surface area contributed by atoms with E-state index in [0.717, 1.165) is 37.2 Å². The Kier molecular flexibility index (Phi) is 6.75. The fraction of sp³-hybridized carbons (Fsp3) is 0.167. The number of carbonyl (C=O) groups excluding carboxylic acids is 1. The number of benzene rings is 4. The van der Waals surface area contributed by atoms with Crippen molar-refractivity contribution in [1.82, 2.24) is 10.2 Å². The molecule has 1 aliphatic rings. The molecule has 5 rings (SSSR count). The fourth-order valence-corrected chi connectivity index (χ4v) is 4.59. The Morgan fingerprint density at radius 1 is 0.735 bits per heavy atom. The minimum Gasteiger partial charge on any atom is -0.352 e. The number of carbonyl (C=O) groups is 1. The Hall–Kier alpha value is -3.40. The number of fused-ring (bicyclic) bond motifs is 1. The molecule has 0 saturated carbocycles. The van der Waals surface area contributed by atoms with Crippen molar-refractivity contribution < 1.29 is 4.79 Å². The molecule has 0 aliphatic carbocycles. The smallest absolute Gasteiger partial charge is 0.251 e. The van der Waals surface area contributed by atoms with Crippen LogP contribution in [0.15, 0.2) is 97.1 Å². The average molecular weight is 467 g/mol. The second kappa shape index (κ2) is 10.3. The molecule has 34 heavy (non-hydrogen) atoms.